The average molecular weight is 717 g/mol. The van der Waals surface area contributed by atoms with Crippen LogP contribution in [0, 0.1) is 18.4 Å². The number of carbonyl (C=O) groups excluding carboxylic acids is 1. The zero-order valence-corrected chi connectivity index (χ0v) is 29.9. The first-order chi connectivity index (χ1) is 24.1. The number of para-hydroxylation sites is 1. The molecule has 4 N–H and O–H groups in total. The van der Waals surface area contributed by atoms with E-state index in [-0.39, 0.29) is 35.8 Å². The van der Waals surface area contributed by atoms with E-state index in [0.29, 0.717) is 0 Å². The monoisotopic (exact) mass is 716 g/mol. The Morgan fingerprint density at radius 2 is 1.78 bits per heavy atom. The maximum Gasteiger partial charge on any atom is 0.459 e. The molecule has 0 unspecified atom stereocenters. The third-order valence-electron chi connectivity index (χ3n) is 8.65. The number of anilines is 1. The molecule has 0 bridgehead atoms. The Kier molecular flexibility index (Phi) is 15.0. The molecule has 3 heterocycles. The summed E-state index contributed by atoms with van der Waals surface area (Å²) in [6.07, 6.45) is 18.0. The fourth-order valence-corrected chi connectivity index (χ4v) is 7.29. The molecule has 50 heavy (non-hydrogen) atoms. The van der Waals surface area contributed by atoms with Gasteiger partial charge in [0.2, 0.25) is 0 Å². The maximum atomic E-state index is 14.1. The lowest BCUT2D eigenvalue weighted by Crippen LogP contribution is -2.43. The van der Waals surface area contributed by atoms with Crippen molar-refractivity contribution in [3.05, 3.63) is 42.7 Å². The molecule has 3 aromatic rings. The summed E-state index contributed by atoms with van der Waals surface area (Å²) >= 11 is 0. The number of rotatable bonds is 22. The van der Waals surface area contributed by atoms with E-state index in [0.717, 1.165) is 25.7 Å². The van der Waals surface area contributed by atoms with Gasteiger partial charge in [0, 0.05) is 6.42 Å². The molecule has 0 radical (unpaired) electrons. The van der Waals surface area contributed by atoms with Gasteiger partial charge in [-0.05, 0) is 25.5 Å². The number of esters is 1. The highest BCUT2D eigenvalue weighted by molar-refractivity contribution is 7.52. The van der Waals surface area contributed by atoms with Gasteiger partial charge in [-0.2, -0.15) is 19.4 Å². The summed E-state index contributed by atoms with van der Waals surface area (Å²) in [6, 6.07) is 7.17. The summed E-state index contributed by atoms with van der Waals surface area (Å²) in [6.45, 7) is 3.35. The van der Waals surface area contributed by atoms with E-state index in [4.69, 9.17) is 30.7 Å². The lowest BCUT2D eigenvalue weighted by Gasteiger charge is -2.29. The van der Waals surface area contributed by atoms with Gasteiger partial charge in [0.15, 0.2) is 22.6 Å². The molecule has 1 aliphatic rings. The highest BCUT2D eigenvalue weighted by Gasteiger charge is 2.50. The molecule has 1 fully saturated rings. The molecule has 4 rings (SSSR count). The quantitative estimate of drug-likeness (QED) is 0.0334. The van der Waals surface area contributed by atoms with Crippen molar-refractivity contribution >= 4 is 30.7 Å². The Morgan fingerprint density at radius 1 is 1.14 bits per heavy atom. The Balaban J connectivity index is 1.30. The van der Waals surface area contributed by atoms with E-state index in [9.17, 15) is 18.9 Å². The van der Waals surface area contributed by atoms with Crippen LogP contribution in [0.1, 0.15) is 104 Å². The standard InChI is InChI=1S/C35H50FN6O7P/c1-4-6-7-8-9-10-11-12-13-14-15-19-22-46-33(44)26(3)41-50(45,49-27-20-17-16-18-21-27)47-24-35(5-2)28(43)23-29(48-35)42-25-38-30-31(37)39-34(36)40-32(30)42/h2,16-18,20-21,25-26,28-29,43H,4,6-15,19,22-24H2,1,3H3,(H,41,45)(H2,37,39,40)/t26-,28-,29+,35+,50-/m0/s1. The lowest BCUT2D eigenvalue weighted by molar-refractivity contribution is -0.145. The van der Waals surface area contributed by atoms with Crippen LogP contribution in [0.2, 0.25) is 0 Å². The van der Waals surface area contributed by atoms with Crippen LogP contribution in [0.15, 0.2) is 36.7 Å². The number of carbonyl (C=O) groups is 1. The molecule has 0 amide bonds. The van der Waals surface area contributed by atoms with E-state index in [1.165, 1.54) is 69.2 Å². The maximum absolute atomic E-state index is 14.1. The SMILES string of the molecule is C#C[C@]1(CO[P@@](=O)(N[C@@H](C)C(=O)OCCCCCCCCCCCCCC)Oc2ccccc2)O[C@@H](n2cnc3c(N)nc(F)nc32)C[C@@H]1O. The van der Waals surface area contributed by atoms with Crippen molar-refractivity contribution in [2.45, 2.75) is 121 Å². The van der Waals surface area contributed by atoms with Gasteiger partial charge in [-0.15, -0.1) is 6.42 Å². The summed E-state index contributed by atoms with van der Waals surface area (Å²) in [4.78, 5) is 24.2. The van der Waals surface area contributed by atoms with Crippen LogP contribution in [-0.4, -0.2) is 61.6 Å². The highest BCUT2D eigenvalue weighted by Crippen LogP contribution is 2.48. The number of aliphatic hydroxyl groups excluding tert-OH is 1. The molecule has 5 atom stereocenters. The number of terminal acetylenes is 1. The number of unbranched alkanes of at least 4 members (excludes halogenated alkanes) is 11. The number of nitrogens with one attached hydrogen (secondary N) is 1. The fourth-order valence-electron chi connectivity index (χ4n) is 5.77. The van der Waals surface area contributed by atoms with Gasteiger partial charge in [-0.3, -0.25) is 13.9 Å². The summed E-state index contributed by atoms with van der Waals surface area (Å²) in [5.41, 5.74) is 4.15. The topological polar surface area (TPSA) is 173 Å². The number of ether oxygens (including phenoxy) is 2. The molecule has 1 aliphatic heterocycles. The molecule has 13 nitrogen and oxygen atoms in total. The van der Waals surface area contributed by atoms with Gasteiger partial charge in [0.05, 0.1) is 12.9 Å². The Bertz CT molecular complexity index is 1610. The molecule has 15 heteroatoms. The molecule has 0 aliphatic carbocycles. The van der Waals surface area contributed by atoms with Gasteiger partial charge in [0.25, 0.3) is 0 Å². The first-order valence-electron chi connectivity index (χ1n) is 17.5. The Morgan fingerprint density at radius 3 is 2.42 bits per heavy atom. The number of imidazole rings is 1. The van der Waals surface area contributed by atoms with Gasteiger partial charge in [-0.25, -0.2) is 9.55 Å². The number of aliphatic hydroxyl groups is 1. The second kappa shape index (κ2) is 19.1. The minimum absolute atomic E-state index is 0.0384. The zero-order valence-electron chi connectivity index (χ0n) is 29.0. The van der Waals surface area contributed by atoms with Crippen molar-refractivity contribution in [3.8, 4) is 18.1 Å². The number of nitrogens with two attached hydrogens (primary N) is 1. The van der Waals surface area contributed by atoms with Crippen molar-refractivity contribution in [1.82, 2.24) is 24.6 Å². The number of nitrogen functional groups attached to an aromatic ring is 1. The van der Waals surface area contributed by atoms with Gasteiger partial charge in [0.1, 0.15) is 30.7 Å². The molecular weight excluding hydrogens is 666 g/mol. The van der Waals surface area contributed by atoms with Crippen LogP contribution < -0.4 is 15.3 Å². The van der Waals surface area contributed by atoms with Crippen LogP contribution in [0.3, 0.4) is 0 Å². The Labute approximate surface area is 293 Å². The Hall–Kier alpha value is -3.60. The van der Waals surface area contributed by atoms with Crippen molar-refractivity contribution in [2.24, 2.45) is 0 Å². The number of fused-ring (bicyclic) bond motifs is 1. The average Bonchev–Trinajstić information content (AvgIpc) is 3.67. The molecule has 2 aromatic heterocycles. The second-order valence-electron chi connectivity index (χ2n) is 12.6. The first-order valence-corrected chi connectivity index (χ1v) is 19.1. The summed E-state index contributed by atoms with van der Waals surface area (Å²) < 4.78 is 52.5. The highest BCUT2D eigenvalue weighted by atomic mass is 31.2. The van der Waals surface area contributed by atoms with Crippen molar-refractivity contribution < 1.29 is 37.4 Å². The number of hydrogen-bond donors (Lipinski definition) is 3. The van der Waals surface area contributed by atoms with E-state index in [1.54, 1.807) is 30.3 Å². The number of hydrogen-bond acceptors (Lipinski definition) is 11. The van der Waals surface area contributed by atoms with Crippen LogP contribution in [0.4, 0.5) is 10.2 Å². The third-order valence-corrected chi connectivity index (χ3v) is 10.3. The molecule has 274 valence electrons. The number of nitrogens with zero attached hydrogens (tertiary/aromatic N) is 4. The summed E-state index contributed by atoms with van der Waals surface area (Å²) in [5, 5.41) is 13.7. The van der Waals surface area contributed by atoms with E-state index in [2.05, 4.69) is 32.9 Å². The molecule has 1 saturated heterocycles. The summed E-state index contributed by atoms with van der Waals surface area (Å²) in [7, 11) is -4.33. The molecule has 0 saturated carbocycles. The first kappa shape index (κ1) is 39.2. The van der Waals surface area contributed by atoms with Crippen molar-refractivity contribution in [2.75, 3.05) is 18.9 Å². The lowest BCUT2D eigenvalue weighted by atomic mass is 9.99. The molecular formula is C35H50FN6O7P. The number of aromatic nitrogens is 4. The third kappa shape index (κ3) is 10.9. The van der Waals surface area contributed by atoms with Gasteiger partial charge < -0.3 is 24.8 Å². The fraction of sp³-hybridized carbons (Fsp3) is 0.600. The van der Waals surface area contributed by atoms with Crippen LogP contribution >= 0.6 is 7.75 Å². The number of halogens is 1. The normalized spacial score (nSPS) is 20.7. The van der Waals surface area contributed by atoms with Crippen LogP contribution in [0.5, 0.6) is 5.75 Å². The largest absolute Gasteiger partial charge is 0.465 e. The minimum Gasteiger partial charge on any atom is -0.465 e. The predicted octanol–water partition coefficient (Wildman–Crippen LogP) is 6.63. The van der Waals surface area contributed by atoms with Gasteiger partial charge >= 0.3 is 19.8 Å². The number of benzene rings is 1. The van der Waals surface area contributed by atoms with Gasteiger partial charge in [-0.1, -0.05) is 102 Å². The van der Waals surface area contributed by atoms with Crippen LogP contribution in [0.25, 0.3) is 11.2 Å². The minimum atomic E-state index is -4.33. The molecule has 0 spiro atoms. The van der Waals surface area contributed by atoms with E-state index < -0.39 is 50.4 Å². The molecule has 1 aromatic carbocycles. The predicted molar refractivity (Wildman–Crippen MR) is 187 cm³/mol. The zero-order chi connectivity index (χ0) is 36.0. The smallest absolute Gasteiger partial charge is 0.459 e. The van der Waals surface area contributed by atoms with Crippen LogP contribution in [-0.2, 0) is 23.4 Å². The van der Waals surface area contributed by atoms with Crippen molar-refractivity contribution in [3.63, 3.8) is 0 Å². The van der Waals surface area contributed by atoms with E-state index in [1.807, 2.05) is 0 Å². The van der Waals surface area contributed by atoms with E-state index >= 15 is 0 Å². The second-order valence-corrected chi connectivity index (χ2v) is 14.3. The van der Waals surface area contributed by atoms with Crippen molar-refractivity contribution in [1.29, 1.82) is 0 Å². The summed E-state index contributed by atoms with van der Waals surface area (Å²) in [5.74, 6) is 1.82.